The van der Waals surface area contributed by atoms with Crippen molar-refractivity contribution in [3.05, 3.63) is 63.6 Å². The van der Waals surface area contributed by atoms with Gasteiger partial charge in [-0.15, -0.1) is 0 Å². The Balaban J connectivity index is 2.17. The number of rotatable bonds is 4. The minimum Gasteiger partial charge on any atom is -0.488 e. The Morgan fingerprint density at radius 3 is 2.60 bits per heavy atom. The van der Waals surface area contributed by atoms with E-state index in [1.807, 2.05) is 0 Å². The van der Waals surface area contributed by atoms with Crippen LogP contribution in [-0.4, -0.2) is 0 Å². The van der Waals surface area contributed by atoms with Crippen LogP contribution in [-0.2, 0) is 6.61 Å². The fraction of sp³-hybridized carbons (Fsp3) is 0.200. The molecule has 0 heterocycles. The molecule has 2 aromatic carbocycles. The van der Waals surface area contributed by atoms with E-state index >= 15 is 0 Å². The molecule has 0 aliphatic heterocycles. The van der Waals surface area contributed by atoms with Crippen molar-refractivity contribution in [1.29, 1.82) is 0 Å². The minimum absolute atomic E-state index is 0.210. The summed E-state index contributed by atoms with van der Waals surface area (Å²) in [6.07, 6.45) is 0. The number of ether oxygens (including phenoxy) is 1. The molecular formula is C15H14BrF2NO. The van der Waals surface area contributed by atoms with Crippen molar-refractivity contribution < 1.29 is 13.5 Å². The molecule has 0 radical (unpaired) electrons. The molecule has 0 bridgehead atoms. The van der Waals surface area contributed by atoms with Crippen molar-refractivity contribution in [3.8, 4) is 5.75 Å². The lowest BCUT2D eigenvalue weighted by Gasteiger charge is -2.14. The van der Waals surface area contributed by atoms with Crippen LogP contribution in [0.4, 0.5) is 8.78 Å². The molecule has 106 valence electrons. The molecule has 5 heteroatoms. The summed E-state index contributed by atoms with van der Waals surface area (Å²) in [5, 5.41) is 0. The van der Waals surface area contributed by atoms with E-state index in [1.165, 1.54) is 18.2 Å². The van der Waals surface area contributed by atoms with Crippen LogP contribution >= 0.6 is 15.9 Å². The van der Waals surface area contributed by atoms with E-state index in [4.69, 9.17) is 10.5 Å². The van der Waals surface area contributed by atoms with Crippen LogP contribution in [0.2, 0.25) is 0 Å². The summed E-state index contributed by atoms with van der Waals surface area (Å²) >= 11 is 3.11. The zero-order valence-electron chi connectivity index (χ0n) is 10.9. The molecule has 2 N–H and O–H groups in total. The average molecular weight is 342 g/mol. The minimum atomic E-state index is -0.385. The summed E-state index contributed by atoms with van der Waals surface area (Å²) in [4.78, 5) is 0. The molecule has 0 saturated carbocycles. The molecule has 0 aliphatic rings. The second-order valence-electron chi connectivity index (χ2n) is 4.51. The van der Waals surface area contributed by atoms with Crippen LogP contribution in [0.1, 0.15) is 24.1 Å². The molecule has 2 nitrogen and oxygen atoms in total. The van der Waals surface area contributed by atoms with Gasteiger partial charge in [0, 0.05) is 17.7 Å². The van der Waals surface area contributed by atoms with Gasteiger partial charge in [-0.3, -0.25) is 0 Å². The number of hydrogen-bond acceptors (Lipinski definition) is 2. The predicted octanol–water partition coefficient (Wildman–Crippen LogP) is 4.33. The van der Waals surface area contributed by atoms with Crippen LogP contribution in [0.5, 0.6) is 5.75 Å². The maximum Gasteiger partial charge on any atom is 0.137 e. The predicted molar refractivity (Wildman–Crippen MR) is 77.4 cm³/mol. The Labute approximate surface area is 124 Å². The van der Waals surface area contributed by atoms with Gasteiger partial charge in [-0.1, -0.05) is 12.1 Å². The Hall–Kier alpha value is -1.46. The highest BCUT2D eigenvalue weighted by Crippen LogP contribution is 2.26. The summed E-state index contributed by atoms with van der Waals surface area (Å²) in [6, 6.07) is 8.59. The fourth-order valence-corrected chi connectivity index (χ4v) is 2.23. The molecule has 0 spiro atoms. The summed E-state index contributed by atoms with van der Waals surface area (Å²) < 4.78 is 32.4. The highest BCUT2D eigenvalue weighted by molar-refractivity contribution is 9.10. The summed E-state index contributed by atoms with van der Waals surface area (Å²) in [5.74, 6) is -0.319. The van der Waals surface area contributed by atoms with Crippen LogP contribution in [0, 0.1) is 11.6 Å². The van der Waals surface area contributed by atoms with Gasteiger partial charge in [-0.25, -0.2) is 8.78 Å². The van der Waals surface area contributed by atoms with Crippen LogP contribution in [0.25, 0.3) is 0 Å². The average Bonchev–Trinajstić information content (AvgIpc) is 2.40. The Kier molecular flexibility index (Phi) is 4.73. The second kappa shape index (κ2) is 6.33. The van der Waals surface area contributed by atoms with Gasteiger partial charge < -0.3 is 10.5 Å². The lowest BCUT2D eigenvalue weighted by atomic mass is 10.1. The molecule has 0 unspecified atom stereocenters. The number of benzene rings is 2. The van der Waals surface area contributed by atoms with Crippen molar-refractivity contribution in [2.75, 3.05) is 0 Å². The van der Waals surface area contributed by atoms with E-state index in [0.717, 1.165) is 11.1 Å². The van der Waals surface area contributed by atoms with Gasteiger partial charge >= 0.3 is 0 Å². The molecular weight excluding hydrogens is 328 g/mol. The van der Waals surface area contributed by atoms with Crippen LogP contribution in [0.3, 0.4) is 0 Å². The number of nitrogens with two attached hydrogens (primary N) is 1. The Morgan fingerprint density at radius 2 is 1.95 bits per heavy atom. The maximum atomic E-state index is 13.3. The second-order valence-corrected chi connectivity index (χ2v) is 5.36. The van der Waals surface area contributed by atoms with Crippen molar-refractivity contribution in [1.82, 2.24) is 0 Å². The summed E-state index contributed by atoms with van der Waals surface area (Å²) in [6.45, 7) is 2.01. The van der Waals surface area contributed by atoms with Gasteiger partial charge in [-0.05, 0) is 46.6 Å². The van der Waals surface area contributed by atoms with E-state index in [2.05, 4.69) is 15.9 Å². The third kappa shape index (κ3) is 3.55. The first-order valence-electron chi connectivity index (χ1n) is 6.09. The summed E-state index contributed by atoms with van der Waals surface area (Å²) in [7, 11) is 0. The molecule has 0 fully saturated rings. The third-order valence-corrected chi connectivity index (χ3v) is 3.45. The lowest BCUT2D eigenvalue weighted by Crippen LogP contribution is -2.08. The number of hydrogen-bond donors (Lipinski definition) is 1. The topological polar surface area (TPSA) is 35.2 Å². The van der Waals surface area contributed by atoms with Gasteiger partial charge in [0.05, 0.1) is 4.47 Å². The molecule has 2 aromatic rings. The van der Waals surface area contributed by atoms with E-state index in [-0.39, 0.29) is 24.3 Å². The SMILES string of the molecule is C[C@@H](N)c1ccc(F)cc1OCc1ccc(F)c(Br)c1. The largest absolute Gasteiger partial charge is 0.488 e. The molecule has 1 atom stereocenters. The lowest BCUT2D eigenvalue weighted by molar-refractivity contribution is 0.299. The quantitative estimate of drug-likeness (QED) is 0.898. The van der Waals surface area contributed by atoms with E-state index in [9.17, 15) is 8.78 Å². The maximum absolute atomic E-state index is 13.3. The first-order chi connectivity index (χ1) is 9.47. The van der Waals surface area contributed by atoms with Crippen LogP contribution in [0.15, 0.2) is 40.9 Å². The standard InChI is InChI=1S/C15H14BrF2NO/c1-9(19)12-4-3-11(17)7-15(12)20-8-10-2-5-14(18)13(16)6-10/h2-7,9H,8,19H2,1H3/t9-/m1/s1. The highest BCUT2D eigenvalue weighted by atomic mass is 79.9. The monoisotopic (exact) mass is 341 g/mol. The normalized spacial score (nSPS) is 12.2. The van der Waals surface area contributed by atoms with Gasteiger partial charge in [0.15, 0.2) is 0 Å². The van der Waals surface area contributed by atoms with Gasteiger partial charge in [0.1, 0.15) is 24.0 Å². The highest BCUT2D eigenvalue weighted by Gasteiger charge is 2.10. The van der Waals surface area contributed by atoms with Gasteiger partial charge in [0.2, 0.25) is 0 Å². The molecule has 0 aliphatic carbocycles. The molecule has 20 heavy (non-hydrogen) atoms. The van der Waals surface area contributed by atoms with E-state index in [1.54, 1.807) is 25.1 Å². The number of halogens is 3. The Morgan fingerprint density at radius 1 is 1.20 bits per heavy atom. The van der Waals surface area contributed by atoms with Crippen molar-refractivity contribution in [2.45, 2.75) is 19.6 Å². The third-order valence-electron chi connectivity index (χ3n) is 2.84. The van der Waals surface area contributed by atoms with Crippen molar-refractivity contribution in [2.24, 2.45) is 5.73 Å². The molecule has 0 saturated heterocycles. The summed E-state index contributed by atoms with van der Waals surface area (Å²) in [5.41, 5.74) is 7.32. The first kappa shape index (κ1) is 14.9. The fourth-order valence-electron chi connectivity index (χ4n) is 1.80. The van der Waals surface area contributed by atoms with Gasteiger partial charge in [0.25, 0.3) is 0 Å². The Bertz CT molecular complexity index is 617. The van der Waals surface area contributed by atoms with E-state index in [0.29, 0.717) is 10.2 Å². The first-order valence-corrected chi connectivity index (χ1v) is 6.88. The van der Waals surface area contributed by atoms with Crippen molar-refractivity contribution in [3.63, 3.8) is 0 Å². The molecule has 0 amide bonds. The smallest absolute Gasteiger partial charge is 0.137 e. The van der Waals surface area contributed by atoms with Crippen LogP contribution < -0.4 is 10.5 Å². The molecule has 2 rings (SSSR count). The zero-order chi connectivity index (χ0) is 14.7. The van der Waals surface area contributed by atoms with Crippen molar-refractivity contribution >= 4 is 15.9 Å². The van der Waals surface area contributed by atoms with E-state index < -0.39 is 0 Å². The molecule has 0 aromatic heterocycles. The zero-order valence-corrected chi connectivity index (χ0v) is 12.5. The van der Waals surface area contributed by atoms with Gasteiger partial charge in [-0.2, -0.15) is 0 Å².